The summed E-state index contributed by atoms with van der Waals surface area (Å²) in [5, 5.41) is 3.70. The zero-order valence-electron chi connectivity index (χ0n) is 17.3. The maximum Gasteiger partial charge on any atom is 0.410 e. The monoisotopic (exact) mass is 476 g/mol. The van der Waals surface area contributed by atoms with Gasteiger partial charge in [-0.3, -0.25) is 0 Å². The zero-order valence-corrected chi connectivity index (χ0v) is 19.7. The van der Waals surface area contributed by atoms with Crippen LogP contribution in [0.25, 0.3) is 0 Å². The minimum Gasteiger partial charge on any atom is -0.444 e. The van der Waals surface area contributed by atoms with E-state index in [9.17, 15) is 4.79 Å². The number of amides is 1. The van der Waals surface area contributed by atoms with Crippen molar-refractivity contribution in [2.45, 2.75) is 55.9 Å². The number of piperidine rings is 1. The summed E-state index contributed by atoms with van der Waals surface area (Å²) in [6.07, 6.45) is 1.63. The number of benzene rings is 2. The number of halogens is 1. The number of carbonyl (C=O) groups excluding carboxylic acids is 1. The summed E-state index contributed by atoms with van der Waals surface area (Å²) >= 11 is 5.47. The van der Waals surface area contributed by atoms with E-state index in [1.165, 1.54) is 16.1 Å². The van der Waals surface area contributed by atoms with Crippen LogP contribution >= 0.6 is 27.7 Å². The number of nitrogens with one attached hydrogen (secondary N) is 1. The van der Waals surface area contributed by atoms with E-state index in [1.807, 2.05) is 43.5 Å². The highest BCUT2D eigenvalue weighted by Gasteiger charge is 2.27. The Bertz CT molecular complexity index is 830. The quantitative estimate of drug-likeness (QED) is 0.496. The highest BCUT2D eigenvalue weighted by molar-refractivity contribution is 9.10. The lowest BCUT2D eigenvalue weighted by atomic mass is 10.0. The standard InChI is InChI=1S/C23H29BrN2O2S/c1-23(2,3)28-22(27)26-14-12-18(13-15-26)25-20-10-6-7-11-21(20)29-16-17-8-4-5-9-19(17)24/h4-11,18,25H,12-16H2,1-3H3. The average Bonchev–Trinajstić information content (AvgIpc) is 2.67. The van der Waals surface area contributed by atoms with Gasteiger partial charge in [-0.2, -0.15) is 0 Å². The van der Waals surface area contributed by atoms with Crippen LogP contribution in [0.4, 0.5) is 10.5 Å². The predicted molar refractivity (Wildman–Crippen MR) is 125 cm³/mol. The fourth-order valence-corrected chi connectivity index (χ4v) is 4.87. The molecule has 6 heteroatoms. The van der Waals surface area contributed by atoms with Crippen LogP contribution in [0.5, 0.6) is 0 Å². The van der Waals surface area contributed by atoms with E-state index < -0.39 is 5.60 Å². The van der Waals surface area contributed by atoms with Gasteiger partial charge in [-0.15, -0.1) is 11.8 Å². The number of likely N-dealkylation sites (tertiary alicyclic amines) is 1. The summed E-state index contributed by atoms with van der Waals surface area (Å²) in [5.74, 6) is 0.914. The van der Waals surface area contributed by atoms with Crippen molar-refractivity contribution in [3.05, 3.63) is 58.6 Å². The molecule has 0 spiro atoms. The Morgan fingerprint density at radius 1 is 1.14 bits per heavy atom. The first-order valence-corrected chi connectivity index (χ1v) is 11.8. The van der Waals surface area contributed by atoms with Crippen molar-refractivity contribution in [2.75, 3.05) is 18.4 Å². The first kappa shape index (κ1) is 22.0. The highest BCUT2D eigenvalue weighted by Crippen LogP contribution is 2.33. The van der Waals surface area contributed by atoms with Crippen molar-refractivity contribution in [1.29, 1.82) is 0 Å². The van der Waals surface area contributed by atoms with Crippen molar-refractivity contribution >= 4 is 39.5 Å². The summed E-state index contributed by atoms with van der Waals surface area (Å²) in [6, 6.07) is 17.2. The third-order valence-electron chi connectivity index (χ3n) is 4.73. The molecule has 0 bridgehead atoms. The first-order valence-electron chi connectivity index (χ1n) is 10.0. The largest absolute Gasteiger partial charge is 0.444 e. The van der Waals surface area contributed by atoms with Crippen LogP contribution in [0.2, 0.25) is 0 Å². The van der Waals surface area contributed by atoms with Crippen LogP contribution in [0, 0.1) is 0 Å². The van der Waals surface area contributed by atoms with Gasteiger partial charge in [-0.05, 0) is 57.4 Å². The van der Waals surface area contributed by atoms with Gasteiger partial charge in [0.25, 0.3) is 0 Å². The summed E-state index contributed by atoms with van der Waals surface area (Å²) in [7, 11) is 0. The van der Waals surface area contributed by atoms with Crippen molar-refractivity contribution < 1.29 is 9.53 Å². The SMILES string of the molecule is CC(C)(C)OC(=O)N1CCC(Nc2ccccc2SCc2ccccc2Br)CC1. The predicted octanol–water partition coefficient (Wildman–Crippen LogP) is 6.55. The van der Waals surface area contributed by atoms with Crippen LogP contribution in [0.15, 0.2) is 57.9 Å². The van der Waals surface area contributed by atoms with Crippen LogP contribution in [-0.2, 0) is 10.5 Å². The molecule has 1 N–H and O–H groups in total. The molecule has 0 aliphatic carbocycles. The van der Waals surface area contributed by atoms with E-state index >= 15 is 0 Å². The van der Waals surface area contributed by atoms with Gasteiger partial charge in [-0.25, -0.2) is 4.79 Å². The van der Waals surface area contributed by atoms with Crippen molar-refractivity contribution in [1.82, 2.24) is 4.90 Å². The number of nitrogens with zero attached hydrogens (tertiary/aromatic N) is 1. The second kappa shape index (κ2) is 9.90. The van der Waals surface area contributed by atoms with Crippen LogP contribution in [0.3, 0.4) is 0 Å². The van der Waals surface area contributed by atoms with E-state index in [0.29, 0.717) is 6.04 Å². The topological polar surface area (TPSA) is 41.6 Å². The summed E-state index contributed by atoms with van der Waals surface area (Å²) in [4.78, 5) is 15.3. The van der Waals surface area contributed by atoms with Gasteiger partial charge in [0.15, 0.2) is 0 Å². The molecule has 0 radical (unpaired) electrons. The molecule has 0 saturated carbocycles. The van der Waals surface area contributed by atoms with Gasteiger partial charge in [-0.1, -0.05) is 46.3 Å². The number of hydrogen-bond donors (Lipinski definition) is 1. The Kier molecular flexibility index (Phi) is 7.52. The molecule has 2 aromatic carbocycles. The number of para-hydroxylation sites is 1. The van der Waals surface area contributed by atoms with Gasteiger partial charge >= 0.3 is 6.09 Å². The van der Waals surface area contributed by atoms with Gasteiger partial charge < -0.3 is 15.0 Å². The van der Waals surface area contributed by atoms with Gasteiger partial charge in [0.2, 0.25) is 0 Å². The van der Waals surface area contributed by atoms with E-state index in [4.69, 9.17) is 4.74 Å². The number of anilines is 1. The van der Waals surface area contributed by atoms with Gasteiger partial charge in [0.05, 0.1) is 0 Å². The molecular weight excluding hydrogens is 448 g/mol. The Labute approximate surface area is 186 Å². The lowest BCUT2D eigenvalue weighted by Crippen LogP contribution is -2.44. The Morgan fingerprint density at radius 3 is 2.48 bits per heavy atom. The summed E-state index contributed by atoms with van der Waals surface area (Å²) < 4.78 is 6.64. The third kappa shape index (κ3) is 6.68. The molecule has 1 heterocycles. The molecule has 2 aromatic rings. The number of carbonyl (C=O) groups is 1. The second-order valence-electron chi connectivity index (χ2n) is 8.26. The number of thioether (sulfide) groups is 1. The lowest BCUT2D eigenvalue weighted by Gasteiger charge is -2.34. The molecule has 4 nitrogen and oxygen atoms in total. The molecule has 0 aromatic heterocycles. The first-order chi connectivity index (χ1) is 13.8. The number of ether oxygens (including phenoxy) is 1. The Hall–Kier alpha value is -1.66. The molecule has 0 atom stereocenters. The van der Waals surface area contributed by atoms with Crippen LogP contribution in [0.1, 0.15) is 39.2 Å². The normalized spacial score (nSPS) is 15.2. The summed E-state index contributed by atoms with van der Waals surface area (Å²) in [5.41, 5.74) is 2.01. The van der Waals surface area contributed by atoms with Crippen molar-refractivity contribution in [2.24, 2.45) is 0 Å². The average molecular weight is 477 g/mol. The Morgan fingerprint density at radius 2 is 1.79 bits per heavy atom. The minimum absolute atomic E-state index is 0.208. The van der Waals surface area contributed by atoms with Crippen molar-refractivity contribution in [3.63, 3.8) is 0 Å². The maximum atomic E-state index is 12.3. The summed E-state index contributed by atoms with van der Waals surface area (Å²) in [6.45, 7) is 7.16. The van der Waals surface area contributed by atoms with Crippen LogP contribution in [-0.4, -0.2) is 35.7 Å². The molecule has 0 unspecified atom stereocenters. The van der Waals surface area contributed by atoms with E-state index in [-0.39, 0.29) is 6.09 Å². The molecule has 156 valence electrons. The molecule has 1 amide bonds. The van der Waals surface area contributed by atoms with Gasteiger partial charge in [0, 0.05) is 39.9 Å². The minimum atomic E-state index is -0.448. The molecule has 1 aliphatic heterocycles. The fraction of sp³-hybridized carbons (Fsp3) is 0.435. The molecule has 1 aliphatic rings. The maximum absolute atomic E-state index is 12.3. The zero-order chi connectivity index (χ0) is 20.9. The number of rotatable bonds is 5. The lowest BCUT2D eigenvalue weighted by molar-refractivity contribution is 0.0210. The van der Waals surface area contributed by atoms with E-state index in [1.54, 1.807) is 0 Å². The van der Waals surface area contributed by atoms with E-state index in [2.05, 4.69) is 63.7 Å². The molecule has 1 fully saturated rings. The highest BCUT2D eigenvalue weighted by atomic mass is 79.9. The Balaban J connectivity index is 1.55. The second-order valence-corrected chi connectivity index (χ2v) is 10.1. The molecule has 29 heavy (non-hydrogen) atoms. The molecule has 1 saturated heterocycles. The van der Waals surface area contributed by atoms with E-state index in [0.717, 1.165) is 36.2 Å². The third-order valence-corrected chi connectivity index (χ3v) is 6.63. The smallest absolute Gasteiger partial charge is 0.410 e. The van der Waals surface area contributed by atoms with Crippen LogP contribution < -0.4 is 5.32 Å². The molecule has 3 rings (SSSR count). The molecular formula is C23H29BrN2O2S. The van der Waals surface area contributed by atoms with Gasteiger partial charge in [0.1, 0.15) is 5.60 Å². The number of hydrogen-bond acceptors (Lipinski definition) is 4. The fourth-order valence-electron chi connectivity index (χ4n) is 3.24. The van der Waals surface area contributed by atoms with Crippen molar-refractivity contribution in [3.8, 4) is 0 Å².